The van der Waals surface area contributed by atoms with Crippen LogP contribution in [0.15, 0.2) is 17.8 Å². The molecule has 0 bridgehead atoms. The molecule has 0 spiro atoms. The standard InChI is InChI=1S/C13H20N4OS/c1-4-8-14-12(18)9(3)19-13-16-15-11(10-6-7-10)17(13)5-2/h4,9-10H,1,5-8H2,2-3H3,(H,14,18). The summed E-state index contributed by atoms with van der Waals surface area (Å²) in [6, 6.07) is 0. The van der Waals surface area contributed by atoms with Crippen LogP contribution in [0.5, 0.6) is 0 Å². The Balaban J connectivity index is 2.01. The summed E-state index contributed by atoms with van der Waals surface area (Å²) in [6.45, 7) is 8.90. The van der Waals surface area contributed by atoms with Gasteiger partial charge in [0.15, 0.2) is 5.16 Å². The van der Waals surface area contributed by atoms with Gasteiger partial charge in [0.25, 0.3) is 0 Å². The van der Waals surface area contributed by atoms with Crippen molar-refractivity contribution in [3.05, 3.63) is 18.5 Å². The zero-order valence-electron chi connectivity index (χ0n) is 11.4. The first-order valence-corrected chi connectivity index (χ1v) is 7.53. The highest BCUT2D eigenvalue weighted by molar-refractivity contribution is 8.00. The van der Waals surface area contributed by atoms with Crippen LogP contribution < -0.4 is 5.32 Å². The summed E-state index contributed by atoms with van der Waals surface area (Å²) in [5.74, 6) is 1.65. The molecule has 1 aliphatic rings. The van der Waals surface area contributed by atoms with Crippen LogP contribution in [-0.2, 0) is 11.3 Å². The van der Waals surface area contributed by atoms with E-state index in [0.29, 0.717) is 12.5 Å². The monoisotopic (exact) mass is 280 g/mol. The number of nitrogens with zero attached hydrogens (tertiary/aromatic N) is 3. The highest BCUT2D eigenvalue weighted by Gasteiger charge is 2.30. The van der Waals surface area contributed by atoms with Crippen molar-refractivity contribution in [2.75, 3.05) is 6.54 Å². The van der Waals surface area contributed by atoms with E-state index in [1.54, 1.807) is 6.08 Å². The third kappa shape index (κ3) is 3.37. The van der Waals surface area contributed by atoms with Crippen molar-refractivity contribution in [2.45, 2.75) is 49.6 Å². The van der Waals surface area contributed by atoms with Crippen LogP contribution in [0, 0.1) is 0 Å². The molecular formula is C13H20N4OS. The largest absolute Gasteiger partial charge is 0.352 e. The first-order valence-electron chi connectivity index (χ1n) is 6.65. The minimum atomic E-state index is -0.179. The average molecular weight is 280 g/mol. The zero-order chi connectivity index (χ0) is 13.8. The van der Waals surface area contributed by atoms with Crippen molar-refractivity contribution in [3.8, 4) is 0 Å². The van der Waals surface area contributed by atoms with E-state index in [1.807, 2.05) is 6.92 Å². The lowest BCUT2D eigenvalue weighted by Gasteiger charge is -2.11. The van der Waals surface area contributed by atoms with Crippen molar-refractivity contribution in [3.63, 3.8) is 0 Å². The van der Waals surface area contributed by atoms with Crippen molar-refractivity contribution in [1.29, 1.82) is 0 Å². The van der Waals surface area contributed by atoms with Gasteiger partial charge in [-0.3, -0.25) is 4.79 Å². The maximum Gasteiger partial charge on any atom is 0.233 e. The summed E-state index contributed by atoms with van der Waals surface area (Å²) in [5.41, 5.74) is 0. The van der Waals surface area contributed by atoms with Gasteiger partial charge in [0, 0.05) is 19.0 Å². The molecule has 0 radical (unpaired) electrons. The van der Waals surface area contributed by atoms with Crippen LogP contribution in [-0.4, -0.2) is 32.5 Å². The number of amides is 1. The zero-order valence-corrected chi connectivity index (χ0v) is 12.2. The fourth-order valence-electron chi connectivity index (χ4n) is 1.86. The lowest BCUT2D eigenvalue weighted by atomic mass is 10.4. The Kier molecular flexibility index (Phi) is 4.63. The summed E-state index contributed by atoms with van der Waals surface area (Å²) in [6.07, 6.45) is 4.09. The molecular weight excluding hydrogens is 260 g/mol. The molecule has 1 fully saturated rings. The lowest BCUT2D eigenvalue weighted by molar-refractivity contribution is -0.120. The van der Waals surface area contributed by atoms with Gasteiger partial charge in [-0.25, -0.2) is 0 Å². The van der Waals surface area contributed by atoms with Gasteiger partial charge in [-0.2, -0.15) is 0 Å². The van der Waals surface area contributed by atoms with E-state index in [4.69, 9.17) is 0 Å². The molecule has 1 aliphatic carbocycles. The summed E-state index contributed by atoms with van der Waals surface area (Å²) < 4.78 is 2.12. The Labute approximate surface area is 117 Å². The first-order chi connectivity index (χ1) is 9.17. The second kappa shape index (κ2) is 6.23. The molecule has 104 valence electrons. The number of carbonyl (C=O) groups is 1. The van der Waals surface area contributed by atoms with Gasteiger partial charge >= 0.3 is 0 Å². The molecule has 5 nitrogen and oxygen atoms in total. The SMILES string of the molecule is C=CCNC(=O)C(C)Sc1nnc(C2CC2)n1CC. The maximum atomic E-state index is 11.8. The molecule has 1 saturated carbocycles. The Hall–Kier alpha value is -1.30. The number of thioether (sulfide) groups is 1. The number of rotatable bonds is 7. The quantitative estimate of drug-likeness (QED) is 0.612. The van der Waals surface area contributed by atoms with E-state index >= 15 is 0 Å². The molecule has 1 amide bonds. The van der Waals surface area contributed by atoms with E-state index in [-0.39, 0.29) is 11.2 Å². The summed E-state index contributed by atoms with van der Waals surface area (Å²) in [4.78, 5) is 11.8. The third-order valence-electron chi connectivity index (χ3n) is 3.08. The van der Waals surface area contributed by atoms with Gasteiger partial charge in [-0.1, -0.05) is 17.8 Å². The smallest absolute Gasteiger partial charge is 0.233 e. The molecule has 0 aromatic carbocycles. The van der Waals surface area contributed by atoms with Gasteiger partial charge in [0.05, 0.1) is 5.25 Å². The fraction of sp³-hybridized carbons (Fsp3) is 0.615. The predicted octanol–water partition coefficient (Wildman–Crippen LogP) is 1.96. The van der Waals surface area contributed by atoms with Crippen molar-refractivity contribution >= 4 is 17.7 Å². The van der Waals surface area contributed by atoms with Gasteiger partial charge in [-0.05, 0) is 26.7 Å². The fourth-order valence-corrected chi connectivity index (χ4v) is 2.80. The molecule has 1 unspecified atom stereocenters. The van der Waals surface area contributed by atoms with Crippen LogP contribution in [0.3, 0.4) is 0 Å². The summed E-state index contributed by atoms with van der Waals surface area (Å²) in [5, 5.41) is 12.0. The number of carbonyl (C=O) groups excluding carboxylic acids is 1. The highest BCUT2D eigenvalue weighted by Crippen LogP contribution is 2.40. The first kappa shape index (κ1) is 14.1. The highest BCUT2D eigenvalue weighted by atomic mass is 32.2. The van der Waals surface area contributed by atoms with Crippen LogP contribution >= 0.6 is 11.8 Å². The third-order valence-corrected chi connectivity index (χ3v) is 4.16. The van der Waals surface area contributed by atoms with Crippen LogP contribution in [0.2, 0.25) is 0 Å². The molecule has 1 aromatic rings. The molecule has 1 aromatic heterocycles. The molecule has 1 N–H and O–H groups in total. The van der Waals surface area contributed by atoms with E-state index < -0.39 is 0 Å². The Morgan fingerprint density at radius 2 is 2.37 bits per heavy atom. The number of hydrogen-bond acceptors (Lipinski definition) is 4. The summed E-state index contributed by atoms with van der Waals surface area (Å²) >= 11 is 1.46. The molecule has 1 heterocycles. The van der Waals surface area contributed by atoms with Crippen LogP contribution in [0.25, 0.3) is 0 Å². The second-order valence-corrected chi connectivity index (χ2v) is 5.96. The van der Waals surface area contributed by atoms with Gasteiger partial charge in [0.2, 0.25) is 5.91 Å². The number of aromatic nitrogens is 3. The molecule has 1 atom stereocenters. The van der Waals surface area contributed by atoms with Crippen LogP contribution in [0.4, 0.5) is 0 Å². The normalized spacial score (nSPS) is 16.1. The molecule has 0 saturated heterocycles. The van der Waals surface area contributed by atoms with Crippen molar-refractivity contribution in [1.82, 2.24) is 20.1 Å². The van der Waals surface area contributed by atoms with Gasteiger partial charge in [-0.15, -0.1) is 16.8 Å². The topological polar surface area (TPSA) is 59.8 Å². The molecule has 0 aliphatic heterocycles. The van der Waals surface area contributed by atoms with E-state index in [1.165, 1.54) is 24.6 Å². The van der Waals surface area contributed by atoms with Crippen molar-refractivity contribution in [2.24, 2.45) is 0 Å². The predicted molar refractivity (Wildman–Crippen MR) is 76.2 cm³/mol. The molecule has 2 rings (SSSR count). The van der Waals surface area contributed by atoms with Crippen molar-refractivity contribution < 1.29 is 4.79 Å². The van der Waals surface area contributed by atoms with Gasteiger partial charge in [0.1, 0.15) is 5.82 Å². The van der Waals surface area contributed by atoms with Crippen LogP contribution in [0.1, 0.15) is 38.4 Å². The Bertz CT molecular complexity index is 467. The second-order valence-electron chi connectivity index (χ2n) is 4.65. The molecule has 6 heteroatoms. The minimum Gasteiger partial charge on any atom is -0.352 e. The van der Waals surface area contributed by atoms with E-state index in [9.17, 15) is 4.79 Å². The number of hydrogen-bond donors (Lipinski definition) is 1. The molecule has 19 heavy (non-hydrogen) atoms. The minimum absolute atomic E-state index is 0.00326. The van der Waals surface area contributed by atoms with Gasteiger partial charge < -0.3 is 9.88 Å². The maximum absolute atomic E-state index is 11.8. The average Bonchev–Trinajstić information content (AvgIpc) is 3.17. The summed E-state index contributed by atoms with van der Waals surface area (Å²) in [7, 11) is 0. The van der Waals surface area contributed by atoms with E-state index in [2.05, 4.69) is 33.6 Å². The van der Waals surface area contributed by atoms with E-state index in [0.717, 1.165) is 17.5 Å². The number of nitrogens with one attached hydrogen (secondary N) is 1. The Morgan fingerprint density at radius 1 is 1.63 bits per heavy atom. The lowest BCUT2D eigenvalue weighted by Crippen LogP contribution is -2.31. The Morgan fingerprint density at radius 3 is 2.95 bits per heavy atom.